The summed E-state index contributed by atoms with van der Waals surface area (Å²) in [5.41, 5.74) is 17.1. The third-order valence-corrected chi connectivity index (χ3v) is 16.7. The summed E-state index contributed by atoms with van der Waals surface area (Å²) >= 11 is 3.78. The van der Waals surface area contributed by atoms with Gasteiger partial charge in [-0.3, -0.25) is 0 Å². The van der Waals surface area contributed by atoms with E-state index in [1.54, 1.807) is 0 Å². The van der Waals surface area contributed by atoms with E-state index in [9.17, 15) is 0 Å². The monoisotopic (exact) mass is 890 g/mol. The molecule has 4 heteroatoms. The second-order valence-corrected chi connectivity index (χ2v) is 20.6. The van der Waals surface area contributed by atoms with E-state index in [0.29, 0.717) is 0 Å². The van der Waals surface area contributed by atoms with Gasteiger partial charge < -0.3 is 9.47 Å². The second-order valence-electron chi connectivity index (χ2n) is 18.5. The zero-order valence-corrected chi connectivity index (χ0v) is 38.6. The third-order valence-electron chi connectivity index (χ3n) is 14.4. The number of hydrogen-bond donors (Lipinski definition) is 0. The third kappa shape index (κ3) is 5.80. The average Bonchev–Trinajstić information content (AvgIpc) is 4.11. The molecule has 1 aliphatic rings. The molecule has 0 saturated heterocycles. The molecule has 0 fully saturated rings. The molecule has 10 aromatic carbocycles. The predicted octanol–water partition coefficient (Wildman–Crippen LogP) is 18.6. The van der Waals surface area contributed by atoms with E-state index in [1.165, 1.54) is 112 Å². The van der Waals surface area contributed by atoms with E-state index < -0.39 is 0 Å². The molecule has 1 aliphatic carbocycles. The van der Waals surface area contributed by atoms with Gasteiger partial charge in [-0.25, -0.2) is 0 Å². The van der Waals surface area contributed by atoms with Crippen LogP contribution in [-0.2, 0) is 5.41 Å². The zero-order valence-electron chi connectivity index (χ0n) is 37.0. The van der Waals surface area contributed by atoms with Crippen LogP contribution >= 0.6 is 22.7 Å². The lowest BCUT2D eigenvalue weighted by molar-refractivity contribution is 0.660. The highest BCUT2D eigenvalue weighted by Gasteiger charge is 2.36. The first kappa shape index (κ1) is 38.5. The van der Waals surface area contributed by atoms with Crippen molar-refractivity contribution in [1.82, 2.24) is 4.57 Å². The molecule has 3 heterocycles. The molecule has 0 aliphatic heterocycles. The quantitative estimate of drug-likeness (QED) is 0.161. The SMILES string of the molecule is CC1(C)c2ccccc2-c2ccc(N(c3ccc(-c4ccccc4)cc3)c3cccc(-c4cc5c6ccccc6n(-c6ccc7sc8ccccc8c7c6)c5c5c4sc4ccccc45)c3)cc21. The molecule has 0 saturated carbocycles. The van der Waals surface area contributed by atoms with Gasteiger partial charge in [0, 0.05) is 84.8 Å². The van der Waals surface area contributed by atoms with E-state index in [1.807, 2.05) is 22.7 Å². The summed E-state index contributed by atoms with van der Waals surface area (Å²) in [6, 6.07) is 81.3. The molecule has 0 radical (unpaired) electrons. The van der Waals surface area contributed by atoms with Crippen LogP contribution in [0.1, 0.15) is 25.0 Å². The van der Waals surface area contributed by atoms with Crippen molar-refractivity contribution >= 4 is 102 Å². The Kier molecular flexibility index (Phi) is 8.40. The number of thiophene rings is 2. The lowest BCUT2D eigenvalue weighted by Gasteiger charge is -2.28. The molecule has 0 spiro atoms. The van der Waals surface area contributed by atoms with Crippen LogP contribution in [-0.4, -0.2) is 4.57 Å². The van der Waals surface area contributed by atoms with Crippen LogP contribution in [0, 0.1) is 0 Å². The Morgan fingerprint density at radius 3 is 1.88 bits per heavy atom. The Hall–Kier alpha value is -7.76. The summed E-state index contributed by atoms with van der Waals surface area (Å²) in [6.45, 7) is 4.74. The van der Waals surface area contributed by atoms with Gasteiger partial charge in [-0.2, -0.15) is 0 Å². The molecular weight excluding hydrogens is 849 g/mol. The van der Waals surface area contributed by atoms with E-state index in [0.717, 1.165) is 17.1 Å². The van der Waals surface area contributed by atoms with Gasteiger partial charge in [0.1, 0.15) is 0 Å². The van der Waals surface area contributed by atoms with Gasteiger partial charge in [-0.05, 0) is 118 Å². The Labute approximate surface area is 396 Å². The fourth-order valence-electron chi connectivity index (χ4n) is 11.2. The maximum absolute atomic E-state index is 2.53. The van der Waals surface area contributed by atoms with Crippen LogP contribution < -0.4 is 4.90 Å². The van der Waals surface area contributed by atoms with Gasteiger partial charge in [0.25, 0.3) is 0 Å². The maximum Gasteiger partial charge on any atom is 0.0634 e. The average molecular weight is 891 g/mol. The van der Waals surface area contributed by atoms with E-state index in [4.69, 9.17) is 0 Å². The van der Waals surface area contributed by atoms with Gasteiger partial charge in [0.2, 0.25) is 0 Å². The fraction of sp³-hybridized carbons (Fsp3) is 0.0476. The van der Waals surface area contributed by atoms with E-state index >= 15 is 0 Å². The minimum atomic E-state index is -0.128. The topological polar surface area (TPSA) is 8.17 Å². The van der Waals surface area contributed by atoms with Gasteiger partial charge >= 0.3 is 0 Å². The molecule has 67 heavy (non-hydrogen) atoms. The minimum absolute atomic E-state index is 0.128. The molecule has 3 aromatic heterocycles. The van der Waals surface area contributed by atoms with Crippen LogP contribution in [0.25, 0.3) is 101 Å². The molecule has 14 rings (SSSR count). The summed E-state index contributed by atoms with van der Waals surface area (Å²) < 4.78 is 7.76. The molecule has 0 N–H and O–H groups in total. The zero-order chi connectivity index (χ0) is 44.4. The van der Waals surface area contributed by atoms with Gasteiger partial charge in [0.05, 0.1) is 11.0 Å². The van der Waals surface area contributed by atoms with Crippen LogP contribution in [0.2, 0.25) is 0 Å². The minimum Gasteiger partial charge on any atom is -0.310 e. The van der Waals surface area contributed by atoms with Crippen molar-refractivity contribution in [3.63, 3.8) is 0 Å². The van der Waals surface area contributed by atoms with E-state index in [-0.39, 0.29) is 5.41 Å². The highest BCUT2D eigenvalue weighted by molar-refractivity contribution is 7.26. The number of para-hydroxylation sites is 1. The molecular formula is C63H42N2S2. The van der Waals surface area contributed by atoms with Crippen molar-refractivity contribution in [3.05, 3.63) is 230 Å². The molecule has 13 aromatic rings. The number of hydrogen-bond acceptors (Lipinski definition) is 3. The smallest absolute Gasteiger partial charge is 0.0634 e. The lowest BCUT2D eigenvalue weighted by Crippen LogP contribution is -2.16. The molecule has 0 atom stereocenters. The summed E-state index contributed by atoms with van der Waals surface area (Å²) in [6.07, 6.45) is 0. The Bertz CT molecular complexity index is 4130. The lowest BCUT2D eigenvalue weighted by atomic mass is 9.82. The standard InChI is InChI=1S/C63H42N2S2/c1-63(2)54-23-10-6-19-46(54)47-33-31-45(37-55(47)63)64(42-29-27-40(28-30-42)39-15-4-3-5-16-39)43-18-14-17-41(35-43)51-38-53-48-20-7-11-24-56(48)65(61(53)60-50-22-9-13-26-58(50)67-62(51)60)44-32-34-59-52(36-44)49-21-8-12-25-57(49)66-59/h3-38H,1-2H3. The number of nitrogens with zero attached hydrogens (tertiary/aromatic N) is 2. The van der Waals surface area contributed by atoms with Crippen molar-refractivity contribution in [2.24, 2.45) is 0 Å². The number of benzene rings is 10. The van der Waals surface area contributed by atoms with Crippen molar-refractivity contribution < 1.29 is 0 Å². The van der Waals surface area contributed by atoms with Crippen LogP contribution in [0.3, 0.4) is 0 Å². The van der Waals surface area contributed by atoms with Crippen molar-refractivity contribution in [3.8, 4) is 39.1 Å². The first-order valence-electron chi connectivity index (χ1n) is 23.1. The van der Waals surface area contributed by atoms with Crippen molar-refractivity contribution in [1.29, 1.82) is 0 Å². The highest BCUT2D eigenvalue weighted by Crippen LogP contribution is 2.52. The largest absolute Gasteiger partial charge is 0.310 e. The molecule has 0 amide bonds. The highest BCUT2D eigenvalue weighted by atomic mass is 32.1. The van der Waals surface area contributed by atoms with Crippen LogP contribution in [0.5, 0.6) is 0 Å². The van der Waals surface area contributed by atoms with Crippen molar-refractivity contribution in [2.45, 2.75) is 19.3 Å². The first-order chi connectivity index (χ1) is 33.0. The molecule has 316 valence electrons. The number of rotatable bonds is 6. The van der Waals surface area contributed by atoms with Gasteiger partial charge in [-0.1, -0.05) is 153 Å². The van der Waals surface area contributed by atoms with Gasteiger partial charge in [0.15, 0.2) is 0 Å². The molecule has 2 nitrogen and oxygen atoms in total. The van der Waals surface area contributed by atoms with Crippen LogP contribution in [0.4, 0.5) is 17.1 Å². The Morgan fingerprint density at radius 1 is 0.388 bits per heavy atom. The Balaban J connectivity index is 0.993. The fourth-order valence-corrected chi connectivity index (χ4v) is 13.5. The normalized spacial score (nSPS) is 13.0. The number of anilines is 3. The number of fused-ring (bicyclic) bond motifs is 13. The second kappa shape index (κ2) is 14.6. The maximum atomic E-state index is 2.53. The van der Waals surface area contributed by atoms with E-state index in [2.05, 4.69) is 242 Å². The first-order valence-corrected chi connectivity index (χ1v) is 24.7. The van der Waals surface area contributed by atoms with Crippen LogP contribution in [0.15, 0.2) is 218 Å². The summed E-state index contributed by atoms with van der Waals surface area (Å²) in [4.78, 5) is 2.45. The number of aromatic nitrogens is 1. The summed E-state index contributed by atoms with van der Waals surface area (Å²) in [5, 5.41) is 7.73. The predicted molar refractivity (Wildman–Crippen MR) is 290 cm³/mol. The van der Waals surface area contributed by atoms with Crippen molar-refractivity contribution in [2.75, 3.05) is 4.90 Å². The molecule has 0 unspecified atom stereocenters. The summed E-state index contributed by atoms with van der Waals surface area (Å²) in [7, 11) is 0. The summed E-state index contributed by atoms with van der Waals surface area (Å²) in [5.74, 6) is 0. The molecule has 0 bridgehead atoms. The van der Waals surface area contributed by atoms with Gasteiger partial charge in [-0.15, -0.1) is 22.7 Å². The Morgan fingerprint density at radius 2 is 1.03 bits per heavy atom.